The van der Waals surface area contributed by atoms with Gasteiger partial charge in [0, 0.05) is 16.7 Å². The summed E-state index contributed by atoms with van der Waals surface area (Å²) in [7, 11) is 0. The van der Waals surface area contributed by atoms with E-state index in [4.69, 9.17) is 26.2 Å². The number of hydrogen-bond acceptors (Lipinski definition) is 3. The number of hydrogen-bond donors (Lipinski definition) is 1. The Balaban J connectivity index is 2.35. The van der Waals surface area contributed by atoms with Gasteiger partial charge >= 0.3 is 5.97 Å². The van der Waals surface area contributed by atoms with Crippen LogP contribution in [0.4, 0.5) is 0 Å². The van der Waals surface area contributed by atoms with Crippen molar-refractivity contribution in [3.05, 3.63) is 76.8 Å². The van der Waals surface area contributed by atoms with Gasteiger partial charge in [0.15, 0.2) is 11.5 Å². The molecule has 0 radical (unpaired) electrons. The smallest absolute Gasteiger partial charge is 0.328 e. The first-order valence-electron chi connectivity index (χ1n) is 8.22. The van der Waals surface area contributed by atoms with Crippen molar-refractivity contribution in [2.75, 3.05) is 6.61 Å². The van der Waals surface area contributed by atoms with Gasteiger partial charge < -0.3 is 14.6 Å². The van der Waals surface area contributed by atoms with Crippen molar-refractivity contribution in [2.45, 2.75) is 20.0 Å². The summed E-state index contributed by atoms with van der Waals surface area (Å²) in [5, 5.41) is 9.51. The van der Waals surface area contributed by atoms with Gasteiger partial charge in [-0.1, -0.05) is 29.8 Å². The lowest BCUT2D eigenvalue weighted by atomic mass is 10.0. The molecule has 2 aromatic carbocycles. The first kappa shape index (κ1) is 19.6. The van der Waals surface area contributed by atoms with Crippen LogP contribution in [0.3, 0.4) is 0 Å². The molecule has 0 spiro atoms. The molecule has 1 N–H and O–H groups in total. The van der Waals surface area contributed by atoms with Crippen molar-refractivity contribution in [2.24, 2.45) is 0 Å². The zero-order valence-corrected chi connectivity index (χ0v) is 15.3. The van der Waals surface area contributed by atoms with E-state index >= 15 is 0 Å². The Labute approximate surface area is 158 Å². The largest absolute Gasteiger partial charge is 0.490 e. The summed E-state index contributed by atoms with van der Waals surface area (Å²) < 4.78 is 11.7. The van der Waals surface area contributed by atoms with E-state index in [0.717, 1.165) is 22.8 Å². The molecule has 0 saturated carbocycles. The van der Waals surface area contributed by atoms with Crippen LogP contribution in [0.2, 0.25) is 5.02 Å². The van der Waals surface area contributed by atoms with E-state index in [9.17, 15) is 4.79 Å². The number of halogens is 1. The second-order valence-electron chi connectivity index (χ2n) is 5.52. The molecular weight excluding hydrogens is 352 g/mol. The van der Waals surface area contributed by atoms with Gasteiger partial charge in [-0.2, -0.15) is 0 Å². The predicted octanol–water partition coefficient (Wildman–Crippen LogP) is 5.14. The topological polar surface area (TPSA) is 55.8 Å². The zero-order chi connectivity index (χ0) is 18.9. The van der Waals surface area contributed by atoms with Gasteiger partial charge in [-0.05, 0) is 54.8 Å². The minimum absolute atomic E-state index is 0.367. The molecule has 0 aliphatic rings. The van der Waals surface area contributed by atoms with Gasteiger partial charge in [0.2, 0.25) is 0 Å². The molecule has 0 aliphatic carbocycles. The van der Waals surface area contributed by atoms with E-state index in [1.807, 2.05) is 37.3 Å². The van der Waals surface area contributed by atoms with Gasteiger partial charge in [0.05, 0.1) is 6.61 Å². The Morgan fingerprint density at radius 2 is 1.96 bits per heavy atom. The minimum Gasteiger partial charge on any atom is -0.490 e. The van der Waals surface area contributed by atoms with Crippen molar-refractivity contribution in [1.82, 2.24) is 0 Å². The Bertz CT molecular complexity index is 794. The summed E-state index contributed by atoms with van der Waals surface area (Å²) in [5.41, 5.74) is 2.59. The highest BCUT2D eigenvalue weighted by molar-refractivity contribution is 6.30. The number of allylic oxidation sites excluding steroid dienone is 1. The minimum atomic E-state index is -1.00. The average Bonchev–Trinajstić information content (AvgIpc) is 2.61. The first-order chi connectivity index (χ1) is 12.5. The molecule has 2 rings (SSSR count). The van der Waals surface area contributed by atoms with E-state index < -0.39 is 5.97 Å². The maximum atomic E-state index is 10.8. The second-order valence-corrected chi connectivity index (χ2v) is 5.96. The summed E-state index contributed by atoms with van der Waals surface area (Å²) in [4.78, 5) is 10.8. The molecule has 0 atom stereocenters. The van der Waals surface area contributed by atoms with Gasteiger partial charge in [-0.15, -0.1) is 6.58 Å². The zero-order valence-electron chi connectivity index (χ0n) is 14.6. The number of benzene rings is 2. The van der Waals surface area contributed by atoms with Crippen LogP contribution >= 0.6 is 11.6 Å². The van der Waals surface area contributed by atoms with Crippen LogP contribution in [0.15, 0.2) is 55.1 Å². The summed E-state index contributed by atoms with van der Waals surface area (Å²) in [6.07, 6.45) is 4.97. The number of carboxylic acid groups (broad SMARTS) is 1. The van der Waals surface area contributed by atoms with E-state index in [1.165, 1.54) is 6.08 Å². The predicted molar refractivity (Wildman–Crippen MR) is 104 cm³/mol. The van der Waals surface area contributed by atoms with Crippen molar-refractivity contribution in [3.8, 4) is 11.5 Å². The molecule has 0 aromatic heterocycles. The third-order valence-corrected chi connectivity index (χ3v) is 3.78. The van der Waals surface area contributed by atoms with Crippen LogP contribution in [0.1, 0.15) is 23.6 Å². The van der Waals surface area contributed by atoms with Crippen molar-refractivity contribution in [1.29, 1.82) is 0 Å². The fourth-order valence-corrected chi connectivity index (χ4v) is 2.54. The van der Waals surface area contributed by atoms with Gasteiger partial charge in [-0.25, -0.2) is 4.79 Å². The number of carboxylic acids is 1. The van der Waals surface area contributed by atoms with Crippen LogP contribution in [0, 0.1) is 0 Å². The first-order valence-corrected chi connectivity index (χ1v) is 8.60. The number of ether oxygens (including phenoxy) is 2. The quantitative estimate of drug-likeness (QED) is 0.489. The molecule has 0 fully saturated rings. The van der Waals surface area contributed by atoms with Crippen molar-refractivity contribution in [3.63, 3.8) is 0 Å². The lowest BCUT2D eigenvalue weighted by Crippen LogP contribution is -2.03. The third kappa shape index (κ3) is 5.67. The van der Waals surface area contributed by atoms with E-state index in [0.29, 0.717) is 36.2 Å². The highest BCUT2D eigenvalue weighted by Crippen LogP contribution is 2.35. The summed E-state index contributed by atoms with van der Waals surface area (Å²) in [5.74, 6) is 0.205. The molecular formula is C21H21ClO4. The molecule has 4 nitrogen and oxygen atoms in total. The average molecular weight is 373 g/mol. The van der Waals surface area contributed by atoms with Crippen LogP contribution in [0.25, 0.3) is 6.08 Å². The number of rotatable bonds is 9. The molecule has 136 valence electrons. The van der Waals surface area contributed by atoms with E-state index in [2.05, 4.69) is 6.58 Å². The summed E-state index contributed by atoms with van der Waals surface area (Å²) >= 11 is 5.91. The molecule has 0 unspecified atom stereocenters. The number of aliphatic carboxylic acids is 1. The molecule has 26 heavy (non-hydrogen) atoms. The molecule has 0 amide bonds. The van der Waals surface area contributed by atoms with Gasteiger partial charge in [0.1, 0.15) is 6.61 Å². The van der Waals surface area contributed by atoms with Gasteiger partial charge in [0.25, 0.3) is 0 Å². The van der Waals surface area contributed by atoms with Crippen LogP contribution in [-0.4, -0.2) is 17.7 Å². The maximum Gasteiger partial charge on any atom is 0.328 e. The standard InChI is InChI=1S/C21H21ClO4/c1-3-5-17-12-16(8-11-20(23)24)13-19(25-4-2)21(17)26-14-15-6-9-18(22)10-7-15/h3,6-13H,1,4-5,14H2,2H3,(H,23,24). The lowest BCUT2D eigenvalue weighted by Gasteiger charge is -2.17. The van der Waals surface area contributed by atoms with Crippen LogP contribution in [0.5, 0.6) is 11.5 Å². The van der Waals surface area contributed by atoms with Crippen LogP contribution < -0.4 is 9.47 Å². The fourth-order valence-electron chi connectivity index (χ4n) is 2.42. The highest BCUT2D eigenvalue weighted by atomic mass is 35.5. The molecule has 0 aliphatic heterocycles. The molecule has 0 bridgehead atoms. The second kappa shape index (κ2) is 9.68. The van der Waals surface area contributed by atoms with E-state index in [1.54, 1.807) is 12.1 Å². The summed E-state index contributed by atoms with van der Waals surface area (Å²) in [6, 6.07) is 11.1. The third-order valence-electron chi connectivity index (χ3n) is 3.53. The fraction of sp³-hybridized carbons (Fsp3) is 0.190. The maximum absolute atomic E-state index is 10.8. The SMILES string of the molecule is C=CCc1cc(C=CC(=O)O)cc(OCC)c1OCc1ccc(Cl)cc1. The Morgan fingerprint density at radius 3 is 2.58 bits per heavy atom. The normalized spacial score (nSPS) is 10.7. The highest BCUT2D eigenvalue weighted by Gasteiger charge is 2.13. The lowest BCUT2D eigenvalue weighted by molar-refractivity contribution is -0.131. The molecule has 0 heterocycles. The van der Waals surface area contributed by atoms with Crippen molar-refractivity contribution < 1.29 is 19.4 Å². The van der Waals surface area contributed by atoms with Crippen LogP contribution in [-0.2, 0) is 17.8 Å². The Kier molecular flexibility index (Phi) is 7.30. The molecule has 5 heteroatoms. The Hall–Kier alpha value is -2.72. The van der Waals surface area contributed by atoms with E-state index in [-0.39, 0.29) is 0 Å². The number of carbonyl (C=O) groups is 1. The Morgan fingerprint density at radius 1 is 1.23 bits per heavy atom. The summed E-state index contributed by atoms with van der Waals surface area (Å²) in [6.45, 7) is 6.50. The van der Waals surface area contributed by atoms with Crippen molar-refractivity contribution >= 4 is 23.6 Å². The van der Waals surface area contributed by atoms with Gasteiger partial charge in [-0.3, -0.25) is 0 Å². The molecule has 0 saturated heterocycles. The molecule has 2 aromatic rings. The monoisotopic (exact) mass is 372 g/mol.